The molecule has 20 heavy (non-hydrogen) atoms. The van der Waals surface area contributed by atoms with E-state index in [9.17, 15) is 10.0 Å². The van der Waals surface area contributed by atoms with E-state index in [1.807, 2.05) is 12.1 Å². The van der Waals surface area contributed by atoms with Gasteiger partial charge < -0.3 is 19.7 Å². The number of rotatable bonds is 4. The molecular formula is C14H23BN2O3. The highest BCUT2D eigenvalue weighted by atomic mass is 16.5. The van der Waals surface area contributed by atoms with Crippen LogP contribution in [0.3, 0.4) is 0 Å². The minimum atomic E-state index is -1.50. The predicted octanol–water partition coefficient (Wildman–Crippen LogP) is -0.489. The van der Waals surface area contributed by atoms with E-state index in [0.717, 1.165) is 31.7 Å². The number of likely N-dealkylation sites (N-methyl/N-ethyl adjacent to an activating group) is 1. The van der Waals surface area contributed by atoms with E-state index >= 15 is 0 Å². The fourth-order valence-electron chi connectivity index (χ4n) is 2.73. The second-order valence-electron chi connectivity index (χ2n) is 5.53. The van der Waals surface area contributed by atoms with Gasteiger partial charge in [0.2, 0.25) is 0 Å². The topological polar surface area (TPSA) is 56.2 Å². The number of methoxy groups -OCH3 is 1. The molecule has 0 spiro atoms. The zero-order valence-corrected chi connectivity index (χ0v) is 12.4. The molecule has 6 heteroatoms. The Morgan fingerprint density at radius 1 is 1.35 bits per heavy atom. The van der Waals surface area contributed by atoms with E-state index in [-0.39, 0.29) is 0 Å². The van der Waals surface area contributed by atoms with Crippen LogP contribution >= 0.6 is 0 Å². The molecule has 0 bridgehead atoms. The number of ether oxygens (including phenoxy) is 1. The van der Waals surface area contributed by atoms with Gasteiger partial charge >= 0.3 is 7.12 Å². The molecule has 1 aliphatic heterocycles. The highest BCUT2D eigenvalue weighted by Crippen LogP contribution is 2.15. The summed E-state index contributed by atoms with van der Waals surface area (Å²) in [6.07, 6.45) is 0. The number of benzene rings is 1. The minimum absolute atomic E-state index is 0.423. The average molecular weight is 278 g/mol. The highest BCUT2D eigenvalue weighted by Gasteiger charge is 2.23. The molecule has 110 valence electrons. The predicted molar refractivity (Wildman–Crippen MR) is 80.2 cm³/mol. The molecule has 1 fully saturated rings. The smallest absolute Gasteiger partial charge is 0.492 e. The van der Waals surface area contributed by atoms with E-state index in [2.05, 4.69) is 23.8 Å². The summed E-state index contributed by atoms with van der Waals surface area (Å²) >= 11 is 0. The Morgan fingerprint density at radius 2 is 2.10 bits per heavy atom. The van der Waals surface area contributed by atoms with Crippen molar-refractivity contribution in [3.8, 4) is 5.75 Å². The highest BCUT2D eigenvalue weighted by molar-refractivity contribution is 6.59. The average Bonchev–Trinajstić information content (AvgIpc) is 2.41. The van der Waals surface area contributed by atoms with Crippen molar-refractivity contribution in [1.82, 2.24) is 9.80 Å². The monoisotopic (exact) mass is 278 g/mol. The van der Waals surface area contributed by atoms with Gasteiger partial charge in [0.15, 0.2) is 0 Å². The second-order valence-corrected chi connectivity index (χ2v) is 5.53. The van der Waals surface area contributed by atoms with Gasteiger partial charge in [-0.2, -0.15) is 0 Å². The number of piperazine rings is 1. The van der Waals surface area contributed by atoms with Crippen LogP contribution in [0.1, 0.15) is 12.5 Å². The Hall–Kier alpha value is -1.08. The first-order chi connectivity index (χ1) is 9.51. The molecule has 1 aromatic rings. The maximum Gasteiger partial charge on any atom is 0.492 e. The Kier molecular flexibility index (Phi) is 5.04. The summed E-state index contributed by atoms with van der Waals surface area (Å²) in [4.78, 5) is 4.74. The minimum Gasteiger partial charge on any atom is -0.497 e. The van der Waals surface area contributed by atoms with Crippen molar-refractivity contribution in [2.75, 3.05) is 33.8 Å². The molecule has 1 atom stereocenters. The molecule has 1 saturated heterocycles. The third-order valence-electron chi connectivity index (χ3n) is 3.93. The van der Waals surface area contributed by atoms with Crippen molar-refractivity contribution in [2.45, 2.75) is 19.5 Å². The summed E-state index contributed by atoms with van der Waals surface area (Å²) in [6, 6.07) is 6.09. The first-order valence-electron chi connectivity index (χ1n) is 6.96. The van der Waals surface area contributed by atoms with Crippen LogP contribution in [0.15, 0.2) is 18.2 Å². The van der Waals surface area contributed by atoms with Crippen LogP contribution in [0, 0.1) is 0 Å². The van der Waals surface area contributed by atoms with Crippen molar-refractivity contribution >= 4 is 12.6 Å². The molecule has 0 radical (unpaired) electrons. The lowest BCUT2D eigenvalue weighted by Gasteiger charge is -2.38. The van der Waals surface area contributed by atoms with E-state index in [4.69, 9.17) is 4.74 Å². The number of hydrogen-bond acceptors (Lipinski definition) is 5. The van der Waals surface area contributed by atoms with Crippen molar-refractivity contribution in [3.63, 3.8) is 0 Å². The van der Waals surface area contributed by atoms with E-state index in [1.165, 1.54) is 7.11 Å². The first kappa shape index (κ1) is 15.3. The van der Waals surface area contributed by atoms with Crippen LogP contribution in [-0.4, -0.2) is 66.8 Å². The lowest BCUT2D eigenvalue weighted by molar-refractivity contribution is 0.0938. The lowest BCUT2D eigenvalue weighted by Crippen LogP contribution is -2.49. The Morgan fingerprint density at radius 3 is 2.70 bits per heavy atom. The summed E-state index contributed by atoms with van der Waals surface area (Å²) in [6.45, 7) is 6.20. The normalized spacial score (nSPS) is 20.9. The van der Waals surface area contributed by atoms with Gasteiger partial charge in [-0.05, 0) is 25.6 Å². The Labute approximate surface area is 120 Å². The van der Waals surface area contributed by atoms with Gasteiger partial charge in [-0.25, -0.2) is 0 Å². The van der Waals surface area contributed by atoms with Crippen molar-refractivity contribution in [3.05, 3.63) is 23.8 Å². The summed E-state index contributed by atoms with van der Waals surface area (Å²) in [5, 5.41) is 18.8. The van der Waals surface area contributed by atoms with Gasteiger partial charge in [-0.1, -0.05) is 12.1 Å². The van der Waals surface area contributed by atoms with E-state index < -0.39 is 7.12 Å². The van der Waals surface area contributed by atoms with Gasteiger partial charge in [-0.3, -0.25) is 4.90 Å². The van der Waals surface area contributed by atoms with Crippen LogP contribution in [-0.2, 0) is 6.54 Å². The third kappa shape index (κ3) is 3.52. The fraction of sp³-hybridized carbons (Fsp3) is 0.571. The number of nitrogens with zero attached hydrogens (tertiary/aromatic N) is 2. The summed E-state index contributed by atoms with van der Waals surface area (Å²) < 4.78 is 5.15. The maximum atomic E-state index is 9.41. The van der Waals surface area contributed by atoms with Crippen LogP contribution < -0.4 is 10.2 Å². The molecule has 2 N–H and O–H groups in total. The zero-order chi connectivity index (χ0) is 14.7. The molecular weight excluding hydrogens is 255 g/mol. The summed E-state index contributed by atoms with van der Waals surface area (Å²) in [5.74, 6) is 0.509. The van der Waals surface area contributed by atoms with Crippen molar-refractivity contribution in [1.29, 1.82) is 0 Å². The van der Waals surface area contributed by atoms with Gasteiger partial charge in [0.05, 0.1) is 7.11 Å². The molecule has 0 saturated carbocycles. The van der Waals surface area contributed by atoms with Gasteiger partial charge in [0.25, 0.3) is 0 Å². The molecule has 0 amide bonds. The van der Waals surface area contributed by atoms with Crippen LogP contribution in [0.2, 0.25) is 0 Å². The standard InChI is InChI=1S/C14H23BN2O3/c1-11-9-16(2)6-7-17(11)10-12-4-5-14(20-3)13(8-12)15(18)19/h4-5,8,11,18-19H,6-7,9-10H2,1-3H3. The molecule has 0 aliphatic carbocycles. The molecule has 1 aromatic carbocycles. The van der Waals surface area contributed by atoms with E-state index in [0.29, 0.717) is 17.3 Å². The third-order valence-corrected chi connectivity index (χ3v) is 3.93. The Bertz CT molecular complexity index is 456. The maximum absolute atomic E-state index is 9.41. The molecule has 0 aromatic heterocycles. The van der Waals surface area contributed by atoms with Crippen LogP contribution in [0.5, 0.6) is 5.75 Å². The summed E-state index contributed by atoms with van der Waals surface area (Å²) in [5.41, 5.74) is 1.50. The largest absolute Gasteiger partial charge is 0.497 e. The van der Waals surface area contributed by atoms with Gasteiger partial charge in [0, 0.05) is 37.7 Å². The van der Waals surface area contributed by atoms with E-state index in [1.54, 1.807) is 6.07 Å². The fourth-order valence-corrected chi connectivity index (χ4v) is 2.73. The zero-order valence-electron chi connectivity index (χ0n) is 12.4. The molecule has 1 aliphatic rings. The first-order valence-corrected chi connectivity index (χ1v) is 6.96. The summed E-state index contributed by atoms with van der Waals surface area (Å²) in [7, 11) is 2.17. The van der Waals surface area contributed by atoms with Crippen LogP contribution in [0.25, 0.3) is 0 Å². The van der Waals surface area contributed by atoms with Crippen molar-refractivity contribution < 1.29 is 14.8 Å². The molecule has 1 unspecified atom stereocenters. The van der Waals surface area contributed by atoms with Crippen molar-refractivity contribution in [2.24, 2.45) is 0 Å². The SMILES string of the molecule is COc1ccc(CN2CCN(C)CC2C)cc1B(O)O. The van der Waals surface area contributed by atoms with Crippen LogP contribution in [0.4, 0.5) is 0 Å². The quantitative estimate of drug-likeness (QED) is 0.728. The molecule has 1 heterocycles. The number of hydrogen-bond donors (Lipinski definition) is 2. The van der Waals surface area contributed by atoms with Gasteiger partial charge in [0.1, 0.15) is 5.75 Å². The lowest BCUT2D eigenvalue weighted by atomic mass is 9.78. The Balaban J connectivity index is 2.11. The van der Waals surface area contributed by atoms with Gasteiger partial charge in [-0.15, -0.1) is 0 Å². The second kappa shape index (κ2) is 6.58. The molecule has 5 nitrogen and oxygen atoms in total. The molecule has 2 rings (SSSR count).